The van der Waals surface area contributed by atoms with Crippen LogP contribution in [0, 0.1) is 11.8 Å². The third-order valence-corrected chi connectivity index (χ3v) is 6.49. The van der Waals surface area contributed by atoms with Gasteiger partial charge < -0.3 is 20.5 Å². The maximum atomic E-state index is 12.4. The molecule has 0 saturated heterocycles. The second-order valence-corrected chi connectivity index (χ2v) is 9.07. The second kappa shape index (κ2) is 10.1. The van der Waals surface area contributed by atoms with E-state index in [2.05, 4.69) is 34.9 Å². The Morgan fingerprint density at radius 2 is 1.61 bits per heavy atom. The summed E-state index contributed by atoms with van der Waals surface area (Å²) in [4.78, 5) is 35.6. The smallest absolute Gasteiger partial charge is 0.407 e. The normalized spacial score (nSPS) is 16.3. The number of carboxylic acid groups (broad SMARTS) is 1. The van der Waals surface area contributed by atoms with Crippen LogP contribution in [0.25, 0.3) is 11.1 Å². The number of amides is 2. The number of benzene rings is 2. The first-order chi connectivity index (χ1) is 15.9. The Bertz CT molecular complexity index is 987. The molecule has 2 unspecified atom stereocenters. The highest BCUT2D eigenvalue weighted by Gasteiger charge is 2.33. The van der Waals surface area contributed by atoms with Gasteiger partial charge in [0.05, 0.1) is 6.42 Å². The van der Waals surface area contributed by atoms with Gasteiger partial charge in [0.15, 0.2) is 0 Å². The van der Waals surface area contributed by atoms with Crippen molar-refractivity contribution in [3.05, 3.63) is 59.7 Å². The van der Waals surface area contributed by atoms with Crippen LogP contribution in [0.15, 0.2) is 48.5 Å². The van der Waals surface area contributed by atoms with E-state index in [-0.39, 0.29) is 37.2 Å². The Labute approximate surface area is 193 Å². The molecule has 3 N–H and O–H groups in total. The van der Waals surface area contributed by atoms with Gasteiger partial charge in [-0.1, -0.05) is 48.5 Å². The van der Waals surface area contributed by atoms with Gasteiger partial charge in [-0.15, -0.1) is 0 Å². The van der Waals surface area contributed by atoms with Crippen molar-refractivity contribution in [1.82, 2.24) is 10.6 Å². The number of nitrogens with one attached hydrogen (secondary N) is 2. The predicted molar refractivity (Wildman–Crippen MR) is 124 cm³/mol. The van der Waals surface area contributed by atoms with Crippen LogP contribution in [-0.4, -0.2) is 42.3 Å². The molecular formula is C26H30N2O5. The molecule has 0 aromatic heterocycles. The lowest BCUT2D eigenvalue weighted by molar-refractivity contribution is -0.138. The molecule has 174 valence electrons. The van der Waals surface area contributed by atoms with E-state index in [0.717, 1.165) is 24.0 Å². The van der Waals surface area contributed by atoms with Gasteiger partial charge in [-0.05, 0) is 53.9 Å². The standard InChI is InChI=1S/C26H30N2O5/c1-16(12-24(29)27-14-18(13-25(30)31)17-10-11-17)28-26(32)33-15-23-21-8-4-2-6-19(21)20-7-3-5-9-22(20)23/h2-9,16-18,23H,10-15H2,1H3,(H,27,29)(H,28,32)(H,30,31). The molecule has 0 spiro atoms. The van der Waals surface area contributed by atoms with Crippen molar-refractivity contribution in [2.75, 3.05) is 13.2 Å². The van der Waals surface area contributed by atoms with Gasteiger partial charge in [0.2, 0.25) is 5.91 Å². The van der Waals surface area contributed by atoms with Crippen molar-refractivity contribution < 1.29 is 24.2 Å². The number of hydrogen-bond acceptors (Lipinski definition) is 4. The summed E-state index contributed by atoms with van der Waals surface area (Å²) in [7, 11) is 0. The van der Waals surface area contributed by atoms with Gasteiger partial charge in [-0.2, -0.15) is 0 Å². The minimum atomic E-state index is -0.841. The number of aliphatic carboxylic acids is 1. The molecule has 0 aliphatic heterocycles. The Hall–Kier alpha value is -3.35. The summed E-state index contributed by atoms with van der Waals surface area (Å²) < 4.78 is 5.53. The van der Waals surface area contributed by atoms with Crippen LogP contribution in [0.2, 0.25) is 0 Å². The summed E-state index contributed by atoms with van der Waals surface area (Å²) in [5.74, 6) is -0.714. The Morgan fingerprint density at radius 1 is 1.00 bits per heavy atom. The zero-order valence-electron chi connectivity index (χ0n) is 18.8. The Balaban J connectivity index is 1.24. The zero-order valence-corrected chi connectivity index (χ0v) is 18.8. The maximum absolute atomic E-state index is 12.4. The third kappa shape index (κ3) is 5.72. The number of carbonyl (C=O) groups is 3. The fourth-order valence-corrected chi connectivity index (χ4v) is 4.68. The van der Waals surface area contributed by atoms with Gasteiger partial charge >= 0.3 is 12.1 Å². The Kier molecular flexibility index (Phi) is 6.96. The molecular weight excluding hydrogens is 420 g/mol. The molecule has 7 nitrogen and oxygen atoms in total. The minimum absolute atomic E-state index is 0.0182. The second-order valence-electron chi connectivity index (χ2n) is 9.07. The van der Waals surface area contributed by atoms with Crippen molar-refractivity contribution in [2.45, 2.75) is 44.6 Å². The highest BCUT2D eigenvalue weighted by atomic mass is 16.5. The molecule has 2 amide bonds. The molecule has 0 heterocycles. The summed E-state index contributed by atoms with van der Waals surface area (Å²) in [5.41, 5.74) is 4.62. The van der Waals surface area contributed by atoms with E-state index in [1.165, 1.54) is 11.1 Å². The van der Waals surface area contributed by atoms with E-state index in [9.17, 15) is 14.4 Å². The van der Waals surface area contributed by atoms with Crippen LogP contribution >= 0.6 is 0 Å². The molecule has 2 aliphatic carbocycles. The molecule has 0 bridgehead atoms. The van der Waals surface area contributed by atoms with E-state index in [1.807, 2.05) is 24.3 Å². The molecule has 2 aliphatic rings. The fourth-order valence-electron chi connectivity index (χ4n) is 4.68. The lowest BCUT2D eigenvalue weighted by Gasteiger charge is -2.18. The van der Waals surface area contributed by atoms with Crippen LogP contribution in [0.3, 0.4) is 0 Å². The number of hydrogen-bond donors (Lipinski definition) is 3. The number of alkyl carbamates (subject to hydrolysis) is 1. The lowest BCUT2D eigenvalue weighted by Crippen LogP contribution is -2.39. The van der Waals surface area contributed by atoms with E-state index in [0.29, 0.717) is 12.5 Å². The fraction of sp³-hybridized carbons (Fsp3) is 0.423. The molecule has 2 aromatic carbocycles. The number of rotatable bonds is 10. The van der Waals surface area contributed by atoms with Crippen LogP contribution in [0.1, 0.15) is 49.7 Å². The van der Waals surface area contributed by atoms with Gasteiger partial charge in [-0.25, -0.2) is 4.79 Å². The number of carboxylic acids is 1. The molecule has 2 aromatic rings. The first kappa shape index (κ1) is 22.8. The molecule has 1 saturated carbocycles. The third-order valence-electron chi connectivity index (χ3n) is 6.49. The van der Waals surface area contributed by atoms with E-state index in [1.54, 1.807) is 6.92 Å². The topological polar surface area (TPSA) is 105 Å². The van der Waals surface area contributed by atoms with Gasteiger partial charge in [0, 0.05) is 24.9 Å². The van der Waals surface area contributed by atoms with Crippen LogP contribution in [-0.2, 0) is 14.3 Å². The number of ether oxygens (including phenoxy) is 1. The van der Waals surface area contributed by atoms with Crippen LogP contribution in [0.4, 0.5) is 4.79 Å². The molecule has 33 heavy (non-hydrogen) atoms. The molecule has 0 radical (unpaired) electrons. The first-order valence-electron chi connectivity index (χ1n) is 11.5. The van der Waals surface area contributed by atoms with E-state index in [4.69, 9.17) is 9.84 Å². The van der Waals surface area contributed by atoms with Crippen LogP contribution in [0.5, 0.6) is 0 Å². The summed E-state index contributed by atoms with van der Waals surface area (Å²) in [5, 5.41) is 14.6. The van der Waals surface area contributed by atoms with Crippen LogP contribution < -0.4 is 10.6 Å². The predicted octanol–water partition coefficient (Wildman–Crippen LogP) is 3.92. The number of fused-ring (bicyclic) bond motifs is 3. The van der Waals surface area contributed by atoms with Gasteiger partial charge in [0.1, 0.15) is 6.61 Å². The molecule has 2 atom stereocenters. The SMILES string of the molecule is CC(CC(=O)NCC(CC(=O)O)C1CC1)NC(=O)OCC1c2ccccc2-c2ccccc21. The summed E-state index contributed by atoms with van der Waals surface area (Å²) in [6.45, 7) is 2.32. The average Bonchev–Trinajstić information content (AvgIpc) is 3.58. The summed E-state index contributed by atoms with van der Waals surface area (Å²) in [6.07, 6.45) is 1.66. The van der Waals surface area contributed by atoms with Crippen molar-refractivity contribution in [2.24, 2.45) is 11.8 Å². The van der Waals surface area contributed by atoms with Crippen molar-refractivity contribution in [3.8, 4) is 11.1 Å². The highest BCUT2D eigenvalue weighted by molar-refractivity contribution is 5.79. The average molecular weight is 451 g/mol. The molecule has 4 rings (SSSR count). The number of carbonyl (C=O) groups excluding carboxylic acids is 2. The van der Waals surface area contributed by atoms with Crippen molar-refractivity contribution in [3.63, 3.8) is 0 Å². The van der Waals surface area contributed by atoms with Gasteiger partial charge in [-0.3, -0.25) is 9.59 Å². The monoisotopic (exact) mass is 450 g/mol. The summed E-state index contributed by atoms with van der Waals surface area (Å²) in [6, 6.07) is 15.9. The molecule has 7 heteroatoms. The van der Waals surface area contributed by atoms with Crippen molar-refractivity contribution >= 4 is 18.0 Å². The zero-order chi connectivity index (χ0) is 23.4. The van der Waals surface area contributed by atoms with E-state index >= 15 is 0 Å². The van der Waals surface area contributed by atoms with Gasteiger partial charge in [0.25, 0.3) is 0 Å². The largest absolute Gasteiger partial charge is 0.481 e. The summed E-state index contributed by atoms with van der Waals surface area (Å²) >= 11 is 0. The molecule has 1 fully saturated rings. The highest BCUT2D eigenvalue weighted by Crippen LogP contribution is 2.44. The van der Waals surface area contributed by atoms with E-state index < -0.39 is 18.1 Å². The first-order valence-corrected chi connectivity index (χ1v) is 11.5. The lowest BCUT2D eigenvalue weighted by atomic mass is 9.98. The Morgan fingerprint density at radius 3 is 2.18 bits per heavy atom. The van der Waals surface area contributed by atoms with Crippen molar-refractivity contribution in [1.29, 1.82) is 0 Å². The maximum Gasteiger partial charge on any atom is 0.407 e. The quantitative estimate of drug-likeness (QED) is 0.509. The minimum Gasteiger partial charge on any atom is -0.481 e.